The molecule has 0 aliphatic carbocycles. The van der Waals surface area contributed by atoms with Crippen molar-refractivity contribution in [1.82, 2.24) is 9.78 Å². The maximum absolute atomic E-state index is 12.8. The third-order valence-corrected chi connectivity index (χ3v) is 6.11. The van der Waals surface area contributed by atoms with Crippen molar-refractivity contribution in [3.05, 3.63) is 89.6 Å². The number of nitrogens with zero attached hydrogens (tertiary/aromatic N) is 2. The average molecular weight is 500 g/mol. The summed E-state index contributed by atoms with van der Waals surface area (Å²) in [7, 11) is 3.40. The van der Waals surface area contributed by atoms with E-state index < -0.39 is 18.2 Å². The molecule has 0 bridgehead atoms. The molecule has 2 N–H and O–H groups in total. The molecule has 0 aliphatic heterocycles. The van der Waals surface area contributed by atoms with Crippen LogP contribution in [0.25, 0.3) is 22.4 Å². The van der Waals surface area contributed by atoms with Crippen molar-refractivity contribution in [2.75, 3.05) is 12.4 Å². The molecule has 1 unspecified atom stereocenters. The Labute approximate surface area is 215 Å². The van der Waals surface area contributed by atoms with Gasteiger partial charge in [0, 0.05) is 18.2 Å². The fraction of sp³-hybridized carbons (Fsp3) is 0.207. The van der Waals surface area contributed by atoms with E-state index in [2.05, 4.69) is 10.4 Å². The first-order valence-electron chi connectivity index (χ1n) is 11.8. The molecule has 0 fully saturated rings. The lowest BCUT2D eigenvalue weighted by atomic mass is 10.0. The number of carbonyl (C=O) groups excluding carboxylic acids is 1. The zero-order chi connectivity index (χ0) is 26.5. The van der Waals surface area contributed by atoms with E-state index in [9.17, 15) is 9.59 Å². The number of carboxylic acid groups (broad SMARTS) is 1. The Bertz CT molecular complexity index is 1410. The van der Waals surface area contributed by atoms with Gasteiger partial charge < -0.3 is 14.6 Å². The SMILES string of the molecule is COc1ccccc1C(C)OC(=O)Nc1c(C)nn(C)c1-c1ccc(-c2ccc(CC(=O)O)cc2)cc1. The highest BCUT2D eigenvalue weighted by Crippen LogP contribution is 2.33. The molecule has 0 aliphatic rings. The molecule has 3 aromatic carbocycles. The van der Waals surface area contributed by atoms with Crippen molar-refractivity contribution >= 4 is 17.7 Å². The zero-order valence-electron chi connectivity index (χ0n) is 21.2. The van der Waals surface area contributed by atoms with E-state index in [1.165, 1.54) is 0 Å². The Morgan fingerprint density at radius 2 is 1.57 bits per heavy atom. The van der Waals surface area contributed by atoms with Crippen LogP contribution in [0.2, 0.25) is 0 Å². The first kappa shape index (κ1) is 25.5. The van der Waals surface area contributed by atoms with Crippen LogP contribution in [-0.4, -0.2) is 34.1 Å². The standard InChI is InChI=1S/C29H29N3O5/c1-18-27(30-29(35)37-19(2)24-7-5-6-8-25(24)36-4)28(32(3)31-18)23-15-13-22(14-16-23)21-11-9-20(10-12-21)17-26(33)34/h5-16,19H,17H2,1-4H3,(H,30,35)(H,33,34). The van der Waals surface area contributed by atoms with E-state index in [0.29, 0.717) is 17.1 Å². The van der Waals surface area contributed by atoms with E-state index in [1.807, 2.05) is 86.8 Å². The average Bonchev–Trinajstić information content (AvgIpc) is 3.16. The molecular formula is C29H29N3O5. The van der Waals surface area contributed by atoms with Crippen molar-refractivity contribution < 1.29 is 24.2 Å². The number of ether oxygens (including phenoxy) is 2. The summed E-state index contributed by atoms with van der Waals surface area (Å²) in [4.78, 5) is 23.7. The van der Waals surface area contributed by atoms with E-state index in [4.69, 9.17) is 14.6 Å². The molecular weight excluding hydrogens is 470 g/mol. The minimum Gasteiger partial charge on any atom is -0.496 e. The van der Waals surface area contributed by atoms with Crippen LogP contribution in [-0.2, 0) is 23.0 Å². The fourth-order valence-electron chi connectivity index (χ4n) is 4.31. The van der Waals surface area contributed by atoms with Crippen LogP contribution >= 0.6 is 0 Å². The van der Waals surface area contributed by atoms with Crippen molar-refractivity contribution in [3.63, 3.8) is 0 Å². The predicted octanol–water partition coefficient (Wildman–Crippen LogP) is 6.01. The number of benzene rings is 3. The molecule has 1 atom stereocenters. The molecule has 1 heterocycles. The monoisotopic (exact) mass is 499 g/mol. The van der Waals surface area contributed by atoms with Crippen LogP contribution < -0.4 is 10.1 Å². The molecule has 190 valence electrons. The number of methoxy groups -OCH3 is 1. The number of carboxylic acids is 1. The minimum atomic E-state index is -0.855. The Balaban J connectivity index is 1.52. The van der Waals surface area contributed by atoms with Gasteiger partial charge in [-0.3, -0.25) is 14.8 Å². The number of aryl methyl sites for hydroxylation is 2. The maximum atomic E-state index is 12.8. The highest BCUT2D eigenvalue weighted by atomic mass is 16.6. The summed E-state index contributed by atoms with van der Waals surface area (Å²) in [5.74, 6) is -0.205. The number of aliphatic carboxylic acids is 1. The summed E-state index contributed by atoms with van der Waals surface area (Å²) in [6, 6.07) is 22.8. The van der Waals surface area contributed by atoms with Gasteiger partial charge in [-0.15, -0.1) is 0 Å². The number of hydrogen-bond acceptors (Lipinski definition) is 5. The lowest BCUT2D eigenvalue weighted by Crippen LogP contribution is -2.17. The van der Waals surface area contributed by atoms with Gasteiger partial charge in [-0.25, -0.2) is 4.79 Å². The van der Waals surface area contributed by atoms with E-state index >= 15 is 0 Å². The number of rotatable bonds is 8. The second-order valence-electron chi connectivity index (χ2n) is 8.69. The van der Waals surface area contributed by atoms with Crippen LogP contribution in [0.1, 0.15) is 29.8 Å². The van der Waals surface area contributed by atoms with E-state index in [-0.39, 0.29) is 6.42 Å². The lowest BCUT2D eigenvalue weighted by molar-refractivity contribution is -0.136. The van der Waals surface area contributed by atoms with Gasteiger partial charge in [-0.2, -0.15) is 5.10 Å². The molecule has 37 heavy (non-hydrogen) atoms. The molecule has 1 aromatic heterocycles. The highest BCUT2D eigenvalue weighted by molar-refractivity contribution is 5.92. The second-order valence-corrected chi connectivity index (χ2v) is 8.69. The minimum absolute atomic E-state index is 0.00502. The molecule has 1 amide bonds. The smallest absolute Gasteiger partial charge is 0.412 e. The van der Waals surface area contributed by atoms with Gasteiger partial charge in [0.1, 0.15) is 11.9 Å². The number of aromatic nitrogens is 2. The summed E-state index contributed by atoms with van der Waals surface area (Å²) in [6.07, 6.45) is -1.11. The van der Waals surface area contributed by atoms with Gasteiger partial charge in [0.25, 0.3) is 0 Å². The van der Waals surface area contributed by atoms with Crippen LogP contribution in [0.15, 0.2) is 72.8 Å². The van der Waals surface area contributed by atoms with Gasteiger partial charge in [0.2, 0.25) is 0 Å². The van der Waals surface area contributed by atoms with Crippen molar-refractivity contribution in [2.24, 2.45) is 7.05 Å². The number of nitrogens with one attached hydrogen (secondary N) is 1. The topological polar surface area (TPSA) is 103 Å². The third kappa shape index (κ3) is 5.81. The number of para-hydroxylation sites is 1. The fourth-order valence-corrected chi connectivity index (χ4v) is 4.31. The van der Waals surface area contributed by atoms with Gasteiger partial charge >= 0.3 is 12.1 Å². The van der Waals surface area contributed by atoms with Crippen LogP contribution in [0, 0.1) is 6.92 Å². The molecule has 8 heteroatoms. The molecule has 0 spiro atoms. The van der Waals surface area contributed by atoms with Gasteiger partial charge in [0.05, 0.1) is 30.6 Å². The molecule has 0 saturated heterocycles. The molecule has 0 saturated carbocycles. The summed E-state index contributed by atoms with van der Waals surface area (Å²) in [5, 5.41) is 16.3. The first-order chi connectivity index (χ1) is 17.8. The maximum Gasteiger partial charge on any atom is 0.412 e. The van der Waals surface area contributed by atoms with Crippen LogP contribution in [0.4, 0.5) is 10.5 Å². The van der Waals surface area contributed by atoms with Gasteiger partial charge in [-0.05, 0) is 36.6 Å². The van der Waals surface area contributed by atoms with Crippen molar-refractivity contribution in [1.29, 1.82) is 0 Å². The molecule has 0 radical (unpaired) electrons. The predicted molar refractivity (Wildman–Crippen MR) is 142 cm³/mol. The lowest BCUT2D eigenvalue weighted by Gasteiger charge is -2.17. The van der Waals surface area contributed by atoms with Gasteiger partial charge in [-0.1, -0.05) is 66.7 Å². The Kier molecular flexibility index (Phi) is 7.57. The third-order valence-electron chi connectivity index (χ3n) is 6.11. The Morgan fingerprint density at radius 3 is 2.19 bits per heavy atom. The zero-order valence-corrected chi connectivity index (χ0v) is 21.2. The van der Waals surface area contributed by atoms with E-state index in [1.54, 1.807) is 18.7 Å². The van der Waals surface area contributed by atoms with E-state index in [0.717, 1.165) is 33.5 Å². The molecule has 4 rings (SSSR count). The summed E-state index contributed by atoms with van der Waals surface area (Å²) in [5.41, 5.74) is 6.36. The normalized spacial score (nSPS) is 11.6. The number of amides is 1. The number of hydrogen-bond donors (Lipinski definition) is 2. The summed E-state index contributed by atoms with van der Waals surface area (Å²) >= 11 is 0. The molecule has 4 aromatic rings. The van der Waals surface area contributed by atoms with Crippen LogP contribution in [0.5, 0.6) is 5.75 Å². The first-order valence-corrected chi connectivity index (χ1v) is 11.8. The quantitative estimate of drug-likeness (QED) is 0.308. The summed E-state index contributed by atoms with van der Waals surface area (Å²) in [6.45, 7) is 3.62. The van der Waals surface area contributed by atoms with Crippen molar-refractivity contribution in [2.45, 2.75) is 26.4 Å². The van der Waals surface area contributed by atoms with Gasteiger partial charge in [0.15, 0.2) is 0 Å². The summed E-state index contributed by atoms with van der Waals surface area (Å²) < 4.78 is 12.8. The van der Waals surface area contributed by atoms with Crippen LogP contribution in [0.3, 0.4) is 0 Å². The second kappa shape index (κ2) is 11.0. The van der Waals surface area contributed by atoms with Crippen molar-refractivity contribution in [3.8, 4) is 28.1 Å². The Hall–Kier alpha value is -4.59. The highest BCUT2D eigenvalue weighted by Gasteiger charge is 2.21. The molecule has 8 nitrogen and oxygen atoms in total. The number of carbonyl (C=O) groups is 2. The Morgan fingerprint density at radius 1 is 0.973 bits per heavy atom. The number of anilines is 1. The largest absolute Gasteiger partial charge is 0.496 e.